The normalized spacial score (nSPS) is 19.4. The maximum Gasteiger partial charge on any atom is 0.416 e. The van der Waals surface area contributed by atoms with E-state index < -0.39 is 17.7 Å². The van der Waals surface area contributed by atoms with Gasteiger partial charge in [-0.15, -0.1) is 0 Å². The molecule has 2 aliphatic rings. The number of benzene rings is 2. The van der Waals surface area contributed by atoms with Crippen molar-refractivity contribution in [3.8, 4) is 5.75 Å². The van der Waals surface area contributed by atoms with Gasteiger partial charge < -0.3 is 14.5 Å². The number of ether oxygens (including phenoxy) is 1. The molecule has 180 valence electrons. The molecule has 2 heterocycles. The number of Topliss-reactive ketones (excluding diaryl/α,β-unsaturated/α-hetero) is 1. The van der Waals surface area contributed by atoms with Gasteiger partial charge in [0.2, 0.25) is 11.8 Å². The van der Waals surface area contributed by atoms with Crippen molar-refractivity contribution in [2.75, 3.05) is 31.6 Å². The summed E-state index contributed by atoms with van der Waals surface area (Å²) in [5, 5.41) is 0. The van der Waals surface area contributed by atoms with Gasteiger partial charge in [-0.1, -0.05) is 6.07 Å². The van der Waals surface area contributed by atoms with Gasteiger partial charge in [-0.05, 0) is 55.3 Å². The maximum absolute atomic E-state index is 13.0. The number of ketones is 1. The number of hydrogen-bond donors (Lipinski definition) is 0. The first kappa shape index (κ1) is 23.8. The van der Waals surface area contributed by atoms with E-state index in [1.807, 2.05) is 0 Å². The molecule has 4 rings (SSSR count). The molecule has 2 aromatic rings. The van der Waals surface area contributed by atoms with Crippen LogP contribution in [-0.4, -0.2) is 49.2 Å². The lowest BCUT2D eigenvalue weighted by molar-refractivity contribution is -0.138. The summed E-state index contributed by atoms with van der Waals surface area (Å²) in [7, 11) is 1.56. The molecule has 0 bridgehead atoms. The Labute approximate surface area is 195 Å². The van der Waals surface area contributed by atoms with E-state index in [0.29, 0.717) is 37.2 Å². The Balaban J connectivity index is 1.35. The highest BCUT2D eigenvalue weighted by molar-refractivity contribution is 6.01. The smallest absolute Gasteiger partial charge is 0.416 e. The molecule has 2 aromatic carbocycles. The zero-order chi connectivity index (χ0) is 24.5. The first-order valence-corrected chi connectivity index (χ1v) is 11.1. The first-order valence-electron chi connectivity index (χ1n) is 11.1. The fourth-order valence-corrected chi connectivity index (χ4v) is 4.58. The third-order valence-corrected chi connectivity index (χ3v) is 6.51. The van der Waals surface area contributed by atoms with Crippen LogP contribution in [0.25, 0.3) is 0 Å². The molecule has 2 aliphatic heterocycles. The molecule has 2 fully saturated rings. The number of halogens is 3. The predicted octanol–water partition coefficient (Wildman–Crippen LogP) is 4.19. The van der Waals surface area contributed by atoms with Gasteiger partial charge in [-0.2, -0.15) is 13.2 Å². The Bertz CT molecular complexity index is 1080. The molecule has 34 heavy (non-hydrogen) atoms. The summed E-state index contributed by atoms with van der Waals surface area (Å²) in [6.45, 7) is 0.850. The van der Waals surface area contributed by atoms with Crippen LogP contribution < -0.4 is 9.64 Å². The quantitative estimate of drug-likeness (QED) is 0.610. The van der Waals surface area contributed by atoms with Crippen molar-refractivity contribution in [1.82, 2.24) is 4.90 Å². The van der Waals surface area contributed by atoms with E-state index in [4.69, 9.17) is 4.74 Å². The lowest BCUT2D eigenvalue weighted by Gasteiger charge is -2.33. The second-order valence-electron chi connectivity index (χ2n) is 8.65. The summed E-state index contributed by atoms with van der Waals surface area (Å²) in [6, 6.07) is 11.5. The van der Waals surface area contributed by atoms with Crippen molar-refractivity contribution in [3.05, 3.63) is 59.7 Å². The summed E-state index contributed by atoms with van der Waals surface area (Å²) in [5.41, 5.74) is -0.0983. The van der Waals surface area contributed by atoms with Crippen LogP contribution in [0.4, 0.5) is 18.9 Å². The van der Waals surface area contributed by atoms with Crippen LogP contribution >= 0.6 is 0 Å². The molecule has 0 N–H and O–H groups in total. The molecule has 0 spiro atoms. The van der Waals surface area contributed by atoms with Crippen molar-refractivity contribution in [3.63, 3.8) is 0 Å². The van der Waals surface area contributed by atoms with Crippen LogP contribution in [0.1, 0.15) is 35.2 Å². The fourth-order valence-electron chi connectivity index (χ4n) is 4.58. The fraction of sp³-hybridized carbons (Fsp3) is 0.400. The molecule has 9 heteroatoms. The van der Waals surface area contributed by atoms with Crippen LogP contribution in [0.15, 0.2) is 48.5 Å². The van der Waals surface area contributed by atoms with E-state index >= 15 is 0 Å². The van der Waals surface area contributed by atoms with E-state index in [1.165, 1.54) is 17.0 Å². The average Bonchev–Trinajstić information content (AvgIpc) is 3.24. The van der Waals surface area contributed by atoms with Crippen molar-refractivity contribution < 1.29 is 32.3 Å². The number of amides is 2. The maximum atomic E-state index is 13.0. The third-order valence-electron chi connectivity index (χ3n) is 6.51. The van der Waals surface area contributed by atoms with Crippen LogP contribution in [0.3, 0.4) is 0 Å². The van der Waals surface area contributed by atoms with Gasteiger partial charge in [0.05, 0.1) is 18.6 Å². The van der Waals surface area contributed by atoms with E-state index in [-0.39, 0.29) is 42.2 Å². The highest BCUT2D eigenvalue weighted by atomic mass is 19.4. The summed E-state index contributed by atoms with van der Waals surface area (Å²) in [5.74, 6) is -0.677. The lowest BCUT2D eigenvalue weighted by Crippen LogP contribution is -2.43. The highest BCUT2D eigenvalue weighted by Crippen LogP contribution is 2.34. The van der Waals surface area contributed by atoms with Gasteiger partial charge in [-0.3, -0.25) is 14.4 Å². The van der Waals surface area contributed by atoms with Crippen LogP contribution in [0, 0.1) is 11.8 Å². The molecule has 6 nitrogen and oxygen atoms in total. The number of anilines is 1. The average molecular weight is 474 g/mol. The Kier molecular flexibility index (Phi) is 6.63. The minimum Gasteiger partial charge on any atom is -0.497 e. The summed E-state index contributed by atoms with van der Waals surface area (Å²) in [4.78, 5) is 41.2. The lowest BCUT2D eigenvalue weighted by atomic mass is 9.88. The van der Waals surface area contributed by atoms with Gasteiger partial charge in [0, 0.05) is 43.2 Å². The largest absolute Gasteiger partial charge is 0.497 e. The molecule has 2 saturated heterocycles. The van der Waals surface area contributed by atoms with Crippen LogP contribution in [0.2, 0.25) is 0 Å². The van der Waals surface area contributed by atoms with Gasteiger partial charge >= 0.3 is 6.18 Å². The predicted molar refractivity (Wildman–Crippen MR) is 119 cm³/mol. The number of alkyl halides is 3. The van der Waals surface area contributed by atoms with Gasteiger partial charge in [0.1, 0.15) is 5.75 Å². The summed E-state index contributed by atoms with van der Waals surface area (Å²) in [6.07, 6.45) is -3.51. The second-order valence-corrected chi connectivity index (χ2v) is 8.65. The number of methoxy groups -OCH3 is 1. The molecule has 1 atom stereocenters. The number of hydrogen-bond acceptors (Lipinski definition) is 4. The first-order chi connectivity index (χ1) is 16.2. The van der Waals surface area contributed by atoms with Gasteiger partial charge in [0.25, 0.3) is 0 Å². The van der Waals surface area contributed by atoms with E-state index in [2.05, 4.69) is 0 Å². The highest BCUT2D eigenvalue weighted by Gasteiger charge is 2.39. The van der Waals surface area contributed by atoms with Gasteiger partial charge in [0.15, 0.2) is 5.78 Å². The number of piperidine rings is 1. The van der Waals surface area contributed by atoms with Crippen LogP contribution in [0.5, 0.6) is 5.75 Å². The second kappa shape index (κ2) is 9.48. The number of carbonyl (C=O) groups is 3. The number of carbonyl (C=O) groups excluding carboxylic acids is 3. The zero-order valence-corrected chi connectivity index (χ0v) is 18.7. The summed E-state index contributed by atoms with van der Waals surface area (Å²) >= 11 is 0. The van der Waals surface area contributed by atoms with E-state index in [9.17, 15) is 27.6 Å². The SMILES string of the molecule is COc1ccc(C(=O)C2CCN(C(=O)[C@@H]3CC(=O)N(c4cccc(C(F)(F)F)c4)C3)CC2)cc1. The minimum atomic E-state index is -4.51. The topological polar surface area (TPSA) is 66.9 Å². The Morgan fingerprint density at radius 1 is 1.00 bits per heavy atom. The summed E-state index contributed by atoms with van der Waals surface area (Å²) < 4.78 is 44.2. The third kappa shape index (κ3) is 4.93. The van der Waals surface area contributed by atoms with Crippen molar-refractivity contribution in [2.45, 2.75) is 25.4 Å². The molecule has 0 radical (unpaired) electrons. The molecule has 0 unspecified atom stereocenters. The van der Waals surface area contributed by atoms with Crippen molar-refractivity contribution >= 4 is 23.3 Å². The molecule has 0 aromatic heterocycles. The van der Waals surface area contributed by atoms with Crippen LogP contribution in [-0.2, 0) is 15.8 Å². The van der Waals surface area contributed by atoms with Gasteiger partial charge in [-0.25, -0.2) is 0 Å². The minimum absolute atomic E-state index is 0.0292. The number of nitrogens with zero attached hydrogens (tertiary/aromatic N) is 2. The number of likely N-dealkylation sites (tertiary alicyclic amines) is 1. The Hall–Kier alpha value is -3.36. The Morgan fingerprint density at radius 2 is 1.68 bits per heavy atom. The monoisotopic (exact) mass is 474 g/mol. The Morgan fingerprint density at radius 3 is 2.29 bits per heavy atom. The van der Waals surface area contributed by atoms with E-state index in [1.54, 1.807) is 36.3 Å². The van der Waals surface area contributed by atoms with Crippen molar-refractivity contribution in [2.24, 2.45) is 11.8 Å². The number of rotatable bonds is 5. The molecular formula is C25H25F3N2O4. The molecule has 0 aliphatic carbocycles. The molecule has 2 amide bonds. The molecular weight excluding hydrogens is 449 g/mol. The standard InChI is InChI=1S/C25H25F3N2O4/c1-34-21-7-5-16(6-8-21)23(32)17-9-11-29(12-10-17)24(33)18-13-22(31)30(15-18)20-4-2-3-19(14-20)25(26,27)28/h2-8,14,17-18H,9-13,15H2,1H3/t18-/m1/s1. The van der Waals surface area contributed by atoms with Crippen molar-refractivity contribution in [1.29, 1.82) is 0 Å². The molecule has 0 saturated carbocycles. The zero-order valence-electron chi connectivity index (χ0n) is 18.7. The van der Waals surface area contributed by atoms with E-state index in [0.717, 1.165) is 12.1 Å².